The number of piperidine rings is 1. The molecule has 334 valence electrons. The highest BCUT2D eigenvalue weighted by molar-refractivity contribution is 6.24. The first-order valence-corrected chi connectivity index (χ1v) is 21.9. The average molecular weight is 892 g/mol. The van der Waals surface area contributed by atoms with E-state index in [1.807, 2.05) is 48.4 Å². The van der Waals surface area contributed by atoms with E-state index in [2.05, 4.69) is 40.4 Å². The minimum absolute atomic E-state index is 0.00467. The normalized spacial score (nSPS) is 17.5. The van der Waals surface area contributed by atoms with Gasteiger partial charge in [0.05, 0.1) is 40.6 Å². The zero-order chi connectivity index (χ0) is 46.0. The van der Waals surface area contributed by atoms with Crippen molar-refractivity contribution >= 4 is 51.9 Å². The van der Waals surface area contributed by atoms with E-state index in [0.29, 0.717) is 90.9 Å². The number of carbonyl (C=O) groups is 5. The molecule has 0 saturated carbocycles. The highest BCUT2D eigenvalue weighted by atomic mass is 19.1. The van der Waals surface area contributed by atoms with Crippen LogP contribution in [0.2, 0.25) is 0 Å². The Balaban J connectivity index is 0.759. The van der Waals surface area contributed by atoms with E-state index in [9.17, 15) is 24.0 Å². The van der Waals surface area contributed by atoms with Crippen molar-refractivity contribution in [3.05, 3.63) is 129 Å². The van der Waals surface area contributed by atoms with Crippen LogP contribution >= 0.6 is 0 Å². The monoisotopic (exact) mass is 891 g/mol. The number of imide groups is 2. The quantitative estimate of drug-likeness (QED) is 0.165. The molecule has 4 aliphatic rings. The number of fused-ring (bicyclic) bond motifs is 4. The van der Waals surface area contributed by atoms with Crippen molar-refractivity contribution in [3.8, 4) is 11.3 Å². The fraction of sp³-hybridized carbons (Fsp3) is 0.312. The summed E-state index contributed by atoms with van der Waals surface area (Å²) in [5.41, 5.74) is 6.15. The molecule has 16 nitrogen and oxygen atoms in total. The Morgan fingerprint density at radius 2 is 1.55 bits per heavy atom. The number of rotatable bonds is 8. The maximum absolute atomic E-state index is 15.2. The number of imidazole rings is 1. The molecule has 4 aliphatic heterocycles. The van der Waals surface area contributed by atoms with E-state index in [1.54, 1.807) is 30.5 Å². The third-order valence-electron chi connectivity index (χ3n) is 12.7. The second-order valence-corrected chi connectivity index (χ2v) is 17.4. The third kappa shape index (κ3) is 7.80. The molecule has 1 N–H and O–H groups in total. The molecule has 1 unspecified atom stereocenters. The van der Waals surface area contributed by atoms with Crippen molar-refractivity contribution in [1.82, 2.24) is 44.5 Å². The van der Waals surface area contributed by atoms with Crippen molar-refractivity contribution in [2.24, 2.45) is 10.2 Å². The smallest absolute Gasteiger partial charge is 0.262 e. The van der Waals surface area contributed by atoms with Gasteiger partial charge in [-0.2, -0.15) is 10.2 Å². The number of hydrogen-bond donors (Lipinski definition) is 1. The van der Waals surface area contributed by atoms with Gasteiger partial charge >= 0.3 is 0 Å². The summed E-state index contributed by atoms with van der Waals surface area (Å²) in [7, 11) is 0. The van der Waals surface area contributed by atoms with Crippen molar-refractivity contribution in [2.75, 3.05) is 26.2 Å². The minimum Gasteiger partial charge on any atom is -0.336 e. The predicted molar refractivity (Wildman–Crippen MR) is 235 cm³/mol. The Labute approximate surface area is 376 Å². The fourth-order valence-electron chi connectivity index (χ4n) is 9.34. The molecular formula is C48H43F2N11O5. The number of benzene rings is 3. The molecule has 5 amide bonds. The minimum atomic E-state index is -1.07. The first-order valence-electron chi connectivity index (χ1n) is 21.9. The summed E-state index contributed by atoms with van der Waals surface area (Å²) in [4.78, 5) is 87.5. The summed E-state index contributed by atoms with van der Waals surface area (Å²) in [6, 6.07) is 14.4. The number of carbonyl (C=O) groups excluding carboxylic acids is 5. The summed E-state index contributed by atoms with van der Waals surface area (Å²) in [6.07, 6.45) is 4.29. The fourth-order valence-corrected chi connectivity index (χ4v) is 9.34. The number of nitrogens with zero attached hydrogens (tertiary/aromatic N) is 10. The highest BCUT2D eigenvalue weighted by Crippen LogP contribution is 2.37. The van der Waals surface area contributed by atoms with Gasteiger partial charge in [0.25, 0.3) is 17.7 Å². The van der Waals surface area contributed by atoms with Gasteiger partial charge in [-0.15, -0.1) is 0 Å². The van der Waals surface area contributed by atoms with E-state index in [-0.39, 0.29) is 53.5 Å². The van der Waals surface area contributed by atoms with Gasteiger partial charge < -0.3 is 9.47 Å². The second kappa shape index (κ2) is 16.8. The molecule has 66 heavy (non-hydrogen) atoms. The summed E-state index contributed by atoms with van der Waals surface area (Å²) in [5, 5.41) is 11.2. The van der Waals surface area contributed by atoms with Crippen LogP contribution in [0.3, 0.4) is 0 Å². The summed E-state index contributed by atoms with van der Waals surface area (Å²) >= 11 is 0. The van der Waals surface area contributed by atoms with Gasteiger partial charge in [0.15, 0.2) is 11.6 Å². The Hall–Kier alpha value is -7.47. The van der Waals surface area contributed by atoms with Crippen molar-refractivity contribution in [2.45, 2.75) is 71.5 Å². The third-order valence-corrected chi connectivity index (χ3v) is 12.7. The van der Waals surface area contributed by atoms with Crippen molar-refractivity contribution < 1.29 is 32.8 Å². The van der Waals surface area contributed by atoms with E-state index in [4.69, 9.17) is 0 Å². The van der Waals surface area contributed by atoms with E-state index < -0.39 is 41.3 Å². The van der Waals surface area contributed by atoms with Crippen LogP contribution in [0.15, 0.2) is 77.2 Å². The lowest BCUT2D eigenvalue weighted by atomic mass is 9.96. The van der Waals surface area contributed by atoms with Gasteiger partial charge in [0.1, 0.15) is 28.9 Å². The van der Waals surface area contributed by atoms with Crippen LogP contribution in [0.5, 0.6) is 0 Å². The molecule has 0 spiro atoms. The molecule has 18 heteroatoms. The topological polar surface area (TPSA) is 188 Å². The maximum Gasteiger partial charge on any atom is 0.262 e. The number of amides is 5. The lowest BCUT2D eigenvalue weighted by Crippen LogP contribution is -2.54. The molecule has 0 aliphatic carbocycles. The summed E-state index contributed by atoms with van der Waals surface area (Å²) in [5.74, 6) is -2.62. The predicted octanol–water partition coefficient (Wildman–Crippen LogP) is 6.52. The van der Waals surface area contributed by atoms with Crippen LogP contribution in [0.25, 0.3) is 22.3 Å². The number of aryl methyl sites for hydroxylation is 3. The zero-order valence-corrected chi connectivity index (χ0v) is 36.3. The van der Waals surface area contributed by atoms with Crippen molar-refractivity contribution in [1.29, 1.82) is 0 Å². The Morgan fingerprint density at radius 3 is 2.27 bits per heavy atom. The number of azo groups is 1. The van der Waals surface area contributed by atoms with Gasteiger partial charge in [0, 0.05) is 68.2 Å². The molecule has 3 aromatic heterocycles. The number of piperazine rings is 1. The second-order valence-electron chi connectivity index (χ2n) is 17.4. The largest absolute Gasteiger partial charge is 0.336 e. The highest BCUT2D eigenvalue weighted by Gasteiger charge is 2.45. The van der Waals surface area contributed by atoms with Crippen LogP contribution in [-0.2, 0) is 35.4 Å². The first kappa shape index (κ1) is 42.5. The molecule has 3 aromatic carbocycles. The summed E-state index contributed by atoms with van der Waals surface area (Å²) in [6.45, 7) is 8.74. The van der Waals surface area contributed by atoms with E-state index in [0.717, 1.165) is 27.8 Å². The molecular weight excluding hydrogens is 849 g/mol. The van der Waals surface area contributed by atoms with Crippen LogP contribution < -0.4 is 5.32 Å². The van der Waals surface area contributed by atoms with Crippen LogP contribution in [-0.4, -0.2) is 101 Å². The number of halogens is 2. The number of pyridine rings is 1. The number of aromatic nitrogens is 5. The Bertz CT molecular complexity index is 3070. The van der Waals surface area contributed by atoms with Crippen molar-refractivity contribution in [3.63, 3.8) is 0 Å². The lowest BCUT2D eigenvalue weighted by molar-refractivity contribution is -0.136. The molecule has 0 bridgehead atoms. The standard InChI is InChI=1S/C48H43F2N11O5/c1-25(2)60-26(3)53-44-35(49)17-31(19-40(44)60)43-36(50)23-52-41(54-43)20-32-9-4-27(22-51-32)24-58-12-14-59(15-13-58)46(64)30-8-6-28-5-7-29-16-33-34(21-38(29)57-56-37(28)18-30)48(66)61(47(33)65)39-10-11-42(62)55-45(39)63/h4,6,8-9,16-19,21-23,25,39H,5,7,10-15,20,24H2,1-3H3,(H,55,62,63). The Kier molecular flexibility index (Phi) is 10.8. The molecule has 10 rings (SSSR count). The van der Waals surface area contributed by atoms with Gasteiger partial charge in [-0.05, 0) is 99.2 Å². The molecule has 2 saturated heterocycles. The number of nitrogens with one attached hydrogen (secondary N) is 1. The first-order chi connectivity index (χ1) is 31.8. The zero-order valence-electron chi connectivity index (χ0n) is 36.3. The number of hydrogen-bond acceptors (Lipinski definition) is 12. The summed E-state index contributed by atoms with van der Waals surface area (Å²) < 4.78 is 32.2. The molecule has 6 aromatic rings. The lowest BCUT2D eigenvalue weighted by Gasteiger charge is -2.34. The molecule has 2 fully saturated rings. The van der Waals surface area contributed by atoms with E-state index >= 15 is 8.78 Å². The van der Waals surface area contributed by atoms with Gasteiger partial charge in [0.2, 0.25) is 11.8 Å². The van der Waals surface area contributed by atoms with Crippen LogP contribution in [0.4, 0.5) is 20.2 Å². The Morgan fingerprint density at radius 1 is 0.803 bits per heavy atom. The van der Waals surface area contributed by atoms with Gasteiger partial charge in [-0.3, -0.25) is 44.1 Å². The van der Waals surface area contributed by atoms with Crippen LogP contribution in [0, 0.1) is 18.6 Å². The SMILES string of the molecule is Cc1nc2c(F)cc(-c3nc(Cc4ccc(CN5CCN(C(=O)c6ccc7c(c6)N=Nc6cc8c(cc6CC7)C(=O)N(C6CCC(=O)NC6=O)C8=O)CC5)cn4)ncc3F)cc2n1C(C)C. The molecule has 7 heterocycles. The average Bonchev–Trinajstić information content (AvgIpc) is 3.76. The van der Waals surface area contributed by atoms with Gasteiger partial charge in [-0.25, -0.2) is 23.7 Å². The van der Waals surface area contributed by atoms with Crippen LogP contribution in [0.1, 0.15) is 97.8 Å². The van der Waals surface area contributed by atoms with Gasteiger partial charge in [-0.1, -0.05) is 12.1 Å². The molecule has 1 atom stereocenters. The maximum atomic E-state index is 15.2. The van der Waals surface area contributed by atoms with E-state index in [1.165, 1.54) is 12.1 Å². The molecule has 0 radical (unpaired) electrons.